The Balaban J connectivity index is 1.67. The third-order valence-corrected chi connectivity index (χ3v) is 5.01. The van der Waals surface area contributed by atoms with Crippen LogP contribution in [0, 0.1) is 0 Å². The maximum absolute atomic E-state index is 13.2. The zero-order chi connectivity index (χ0) is 19.0. The lowest BCUT2D eigenvalue weighted by Gasteiger charge is -2.24. The fourth-order valence-corrected chi connectivity index (χ4v) is 3.59. The Bertz CT molecular complexity index is 1010. The van der Waals surface area contributed by atoms with Crippen LogP contribution in [0.2, 0.25) is 0 Å². The van der Waals surface area contributed by atoms with Gasteiger partial charge in [-0.15, -0.1) is 0 Å². The van der Waals surface area contributed by atoms with Crippen LogP contribution in [0.5, 0.6) is 0 Å². The zero-order valence-electron chi connectivity index (χ0n) is 14.5. The molecule has 1 aromatic heterocycles. The second-order valence-corrected chi connectivity index (χ2v) is 7.11. The number of aromatic nitrogens is 2. The van der Waals surface area contributed by atoms with Crippen molar-refractivity contribution in [3.63, 3.8) is 0 Å². The summed E-state index contributed by atoms with van der Waals surface area (Å²) in [4.78, 5) is 26.9. The Morgan fingerprint density at radius 3 is 2.56 bits per heavy atom. The molecular formula is C20H16BrN3O3. The molecule has 0 N–H and O–H groups in total. The van der Waals surface area contributed by atoms with Crippen molar-refractivity contribution in [3.05, 3.63) is 76.5 Å². The van der Waals surface area contributed by atoms with E-state index >= 15 is 0 Å². The van der Waals surface area contributed by atoms with Gasteiger partial charge in [-0.3, -0.25) is 9.69 Å². The fraction of sp³-hybridized carbons (Fsp3) is 0.150. The third-order valence-electron chi connectivity index (χ3n) is 4.60. The van der Waals surface area contributed by atoms with Crippen molar-refractivity contribution in [1.82, 2.24) is 9.78 Å². The maximum Gasteiger partial charge on any atom is 0.329 e. The van der Waals surface area contributed by atoms with E-state index in [9.17, 15) is 9.59 Å². The van der Waals surface area contributed by atoms with Crippen molar-refractivity contribution in [2.45, 2.75) is 12.5 Å². The van der Waals surface area contributed by atoms with E-state index in [2.05, 4.69) is 21.0 Å². The van der Waals surface area contributed by atoms with Gasteiger partial charge in [-0.05, 0) is 51.8 Å². The second-order valence-electron chi connectivity index (χ2n) is 6.20. The number of amides is 1. The Morgan fingerprint density at radius 2 is 1.89 bits per heavy atom. The molecule has 4 rings (SSSR count). The highest BCUT2D eigenvalue weighted by atomic mass is 79.9. The molecule has 0 radical (unpaired) electrons. The molecule has 0 saturated carbocycles. The first-order chi connectivity index (χ1) is 13.1. The summed E-state index contributed by atoms with van der Waals surface area (Å²) >= 11 is 3.37. The topological polar surface area (TPSA) is 64.4 Å². The molecule has 1 aliphatic rings. The monoisotopic (exact) mass is 425 g/mol. The summed E-state index contributed by atoms with van der Waals surface area (Å²) in [7, 11) is 1.34. The van der Waals surface area contributed by atoms with Crippen LogP contribution < -0.4 is 4.90 Å². The van der Waals surface area contributed by atoms with Crippen molar-refractivity contribution in [2.24, 2.45) is 0 Å². The van der Waals surface area contributed by atoms with Crippen LogP contribution in [-0.4, -0.2) is 34.8 Å². The smallest absolute Gasteiger partial charge is 0.329 e. The predicted molar refractivity (Wildman–Crippen MR) is 104 cm³/mol. The normalized spacial score (nSPS) is 15.5. The second kappa shape index (κ2) is 7.00. The van der Waals surface area contributed by atoms with E-state index in [1.807, 2.05) is 42.6 Å². The van der Waals surface area contributed by atoms with E-state index in [0.717, 1.165) is 21.4 Å². The lowest BCUT2D eigenvalue weighted by atomic mass is 10.1. The van der Waals surface area contributed by atoms with E-state index in [0.29, 0.717) is 12.0 Å². The van der Waals surface area contributed by atoms with E-state index in [4.69, 9.17) is 4.74 Å². The number of rotatable bonds is 3. The number of ether oxygens (including phenoxy) is 1. The van der Waals surface area contributed by atoms with E-state index in [-0.39, 0.29) is 5.91 Å². The van der Waals surface area contributed by atoms with Gasteiger partial charge < -0.3 is 4.74 Å². The summed E-state index contributed by atoms with van der Waals surface area (Å²) in [6.45, 7) is 0. The number of anilines is 1. The van der Waals surface area contributed by atoms with Gasteiger partial charge in [0.2, 0.25) is 0 Å². The molecule has 0 fully saturated rings. The SMILES string of the molecule is COC(=O)C1Cc2ccccc2N1C(=O)c1ccc(-n2cc(Br)cn2)cc1. The lowest BCUT2D eigenvalue weighted by molar-refractivity contribution is -0.141. The van der Waals surface area contributed by atoms with Gasteiger partial charge in [0, 0.05) is 23.9 Å². The first-order valence-corrected chi connectivity index (χ1v) is 9.17. The van der Waals surface area contributed by atoms with Gasteiger partial charge in [0.05, 0.1) is 23.5 Å². The summed E-state index contributed by atoms with van der Waals surface area (Å²) in [5.74, 6) is -0.652. The molecule has 27 heavy (non-hydrogen) atoms. The zero-order valence-corrected chi connectivity index (χ0v) is 16.1. The molecule has 1 atom stereocenters. The number of benzene rings is 2. The van der Waals surface area contributed by atoms with Crippen molar-refractivity contribution < 1.29 is 14.3 Å². The predicted octanol–water partition coefficient (Wildman–Crippen LogP) is 3.38. The van der Waals surface area contributed by atoms with E-state index < -0.39 is 12.0 Å². The number of carbonyl (C=O) groups excluding carboxylic acids is 2. The molecule has 2 heterocycles. The number of hydrogen-bond acceptors (Lipinski definition) is 4. The van der Waals surface area contributed by atoms with Crippen LogP contribution >= 0.6 is 15.9 Å². The minimum atomic E-state index is -0.651. The molecule has 7 heteroatoms. The van der Waals surface area contributed by atoms with Crippen LogP contribution in [0.15, 0.2) is 65.4 Å². The molecular weight excluding hydrogens is 410 g/mol. The van der Waals surface area contributed by atoms with Crippen molar-refractivity contribution >= 4 is 33.5 Å². The van der Waals surface area contributed by atoms with Crippen molar-refractivity contribution in [3.8, 4) is 5.69 Å². The summed E-state index contributed by atoms with van der Waals surface area (Å²) in [5.41, 5.74) is 3.04. The number of esters is 1. The van der Waals surface area contributed by atoms with Crippen molar-refractivity contribution in [1.29, 1.82) is 0 Å². The number of fused-ring (bicyclic) bond motifs is 1. The molecule has 0 saturated heterocycles. The summed E-state index contributed by atoms with van der Waals surface area (Å²) in [5, 5.41) is 4.23. The van der Waals surface area contributed by atoms with Gasteiger partial charge in [-0.1, -0.05) is 18.2 Å². The van der Waals surface area contributed by atoms with Gasteiger partial charge >= 0.3 is 5.97 Å². The molecule has 0 spiro atoms. The van der Waals surface area contributed by atoms with Crippen molar-refractivity contribution in [2.75, 3.05) is 12.0 Å². The highest BCUT2D eigenvalue weighted by Gasteiger charge is 2.39. The van der Waals surface area contributed by atoms with Gasteiger partial charge in [-0.2, -0.15) is 5.10 Å². The summed E-state index contributed by atoms with van der Waals surface area (Å²) in [6, 6.07) is 14.0. The van der Waals surface area contributed by atoms with Crippen LogP contribution in [-0.2, 0) is 16.0 Å². The van der Waals surface area contributed by atoms with Crippen LogP contribution in [0.4, 0.5) is 5.69 Å². The standard InChI is InChI=1S/C20H16BrN3O3/c1-27-20(26)18-10-14-4-2-3-5-17(14)24(18)19(25)13-6-8-16(9-7-13)23-12-15(21)11-22-23/h2-9,11-12,18H,10H2,1H3. The number of halogens is 1. The molecule has 1 amide bonds. The van der Waals surface area contributed by atoms with Gasteiger partial charge in [0.25, 0.3) is 5.91 Å². The largest absolute Gasteiger partial charge is 0.467 e. The highest BCUT2D eigenvalue weighted by molar-refractivity contribution is 9.10. The summed E-state index contributed by atoms with van der Waals surface area (Å²) in [6.07, 6.45) is 3.98. The molecule has 6 nitrogen and oxygen atoms in total. The minimum Gasteiger partial charge on any atom is -0.467 e. The molecule has 0 aliphatic carbocycles. The van der Waals surface area contributed by atoms with E-state index in [1.165, 1.54) is 12.0 Å². The quantitative estimate of drug-likeness (QED) is 0.603. The first kappa shape index (κ1) is 17.5. The Kier molecular flexibility index (Phi) is 4.53. The number of para-hydroxylation sites is 1. The molecule has 2 aromatic carbocycles. The highest BCUT2D eigenvalue weighted by Crippen LogP contribution is 2.34. The van der Waals surface area contributed by atoms with Crippen LogP contribution in [0.3, 0.4) is 0 Å². The summed E-state index contributed by atoms with van der Waals surface area (Å²) < 4.78 is 7.49. The molecule has 1 unspecified atom stereocenters. The number of carbonyl (C=O) groups is 2. The van der Waals surface area contributed by atoms with E-state index in [1.54, 1.807) is 23.0 Å². The maximum atomic E-state index is 13.2. The first-order valence-electron chi connectivity index (χ1n) is 8.38. The van der Waals surface area contributed by atoms with Gasteiger partial charge in [-0.25, -0.2) is 9.48 Å². The average molecular weight is 426 g/mol. The minimum absolute atomic E-state index is 0.233. The van der Waals surface area contributed by atoms with Crippen LogP contribution in [0.25, 0.3) is 5.69 Å². The Hall–Kier alpha value is -2.93. The Morgan fingerprint density at radius 1 is 1.15 bits per heavy atom. The Labute approximate surface area is 164 Å². The molecule has 1 aliphatic heterocycles. The van der Waals surface area contributed by atoms with Gasteiger partial charge in [0.15, 0.2) is 0 Å². The molecule has 0 bridgehead atoms. The number of hydrogen-bond donors (Lipinski definition) is 0. The van der Waals surface area contributed by atoms with Crippen LogP contribution in [0.1, 0.15) is 15.9 Å². The van der Waals surface area contributed by atoms with Gasteiger partial charge in [0.1, 0.15) is 6.04 Å². The number of methoxy groups -OCH3 is 1. The molecule has 136 valence electrons. The molecule has 3 aromatic rings. The average Bonchev–Trinajstić information content (AvgIpc) is 3.30. The fourth-order valence-electron chi connectivity index (χ4n) is 3.30. The number of nitrogens with zero attached hydrogens (tertiary/aromatic N) is 3. The lowest BCUT2D eigenvalue weighted by Crippen LogP contribution is -2.43. The third kappa shape index (κ3) is 3.14.